The fourth-order valence-corrected chi connectivity index (χ4v) is 2.35. The molecule has 0 atom stereocenters. The van der Waals surface area contributed by atoms with Crippen LogP contribution in [0.25, 0.3) is 11.0 Å². The van der Waals surface area contributed by atoms with Crippen LogP contribution >= 0.6 is 0 Å². The molecule has 3 heteroatoms. The second-order valence-electron chi connectivity index (χ2n) is 5.45. The lowest BCUT2D eigenvalue weighted by molar-refractivity contribution is 0.518. The predicted molar refractivity (Wildman–Crippen MR) is 81.4 cm³/mol. The summed E-state index contributed by atoms with van der Waals surface area (Å²) in [6, 6.07) is 8.40. The van der Waals surface area contributed by atoms with Crippen molar-refractivity contribution in [2.45, 2.75) is 40.2 Å². The summed E-state index contributed by atoms with van der Waals surface area (Å²) in [6.45, 7) is 9.82. The topological polar surface area (TPSA) is 29.9 Å². The molecule has 0 saturated heterocycles. The Morgan fingerprint density at radius 2 is 2.00 bits per heavy atom. The van der Waals surface area contributed by atoms with E-state index < -0.39 is 0 Å². The molecular weight excluding hydrogens is 234 g/mol. The zero-order chi connectivity index (χ0) is 13.7. The predicted octanol–water partition coefficient (Wildman–Crippen LogP) is 3.23. The summed E-state index contributed by atoms with van der Waals surface area (Å²) in [6.07, 6.45) is 2.23. The Labute approximate surface area is 116 Å². The molecule has 0 spiro atoms. The fraction of sp³-hybridized carbons (Fsp3) is 0.562. The first-order chi connectivity index (χ1) is 9.22. The normalized spacial score (nSPS) is 11.6. The average molecular weight is 259 g/mol. The van der Waals surface area contributed by atoms with E-state index in [9.17, 15) is 0 Å². The van der Waals surface area contributed by atoms with Crippen LogP contribution in [0.3, 0.4) is 0 Å². The highest BCUT2D eigenvalue weighted by atomic mass is 15.1. The summed E-state index contributed by atoms with van der Waals surface area (Å²) in [5.74, 6) is 1.96. The molecule has 0 unspecified atom stereocenters. The number of benzene rings is 1. The third kappa shape index (κ3) is 3.57. The van der Waals surface area contributed by atoms with Crippen LogP contribution in [0.2, 0.25) is 0 Å². The monoisotopic (exact) mass is 259 g/mol. The van der Waals surface area contributed by atoms with Crippen molar-refractivity contribution in [1.29, 1.82) is 0 Å². The van der Waals surface area contributed by atoms with Crippen molar-refractivity contribution in [3.05, 3.63) is 30.1 Å². The molecular formula is C16H25N3. The zero-order valence-corrected chi connectivity index (χ0v) is 12.3. The highest BCUT2D eigenvalue weighted by molar-refractivity contribution is 5.75. The van der Waals surface area contributed by atoms with E-state index in [2.05, 4.69) is 54.9 Å². The lowest BCUT2D eigenvalue weighted by atomic mass is 10.1. The summed E-state index contributed by atoms with van der Waals surface area (Å²) in [4.78, 5) is 4.69. The van der Waals surface area contributed by atoms with Gasteiger partial charge in [-0.3, -0.25) is 0 Å². The van der Waals surface area contributed by atoms with Gasteiger partial charge in [0.15, 0.2) is 0 Å². The maximum Gasteiger partial charge on any atom is 0.109 e. The minimum atomic E-state index is 0.771. The summed E-state index contributed by atoms with van der Waals surface area (Å²) < 4.78 is 2.34. The maximum atomic E-state index is 4.69. The third-order valence-corrected chi connectivity index (χ3v) is 3.46. The zero-order valence-electron chi connectivity index (χ0n) is 12.3. The highest BCUT2D eigenvalue weighted by Gasteiger charge is 2.07. The molecule has 0 saturated carbocycles. The van der Waals surface area contributed by atoms with E-state index in [1.54, 1.807) is 0 Å². The summed E-state index contributed by atoms with van der Waals surface area (Å²) in [7, 11) is 0. The molecule has 0 aliphatic rings. The molecule has 0 aliphatic heterocycles. The Balaban J connectivity index is 1.99. The van der Waals surface area contributed by atoms with Crippen molar-refractivity contribution in [3.8, 4) is 0 Å². The van der Waals surface area contributed by atoms with Crippen LogP contribution in [0, 0.1) is 5.92 Å². The van der Waals surface area contributed by atoms with Crippen LogP contribution in [0.1, 0.15) is 33.0 Å². The van der Waals surface area contributed by atoms with Gasteiger partial charge in [-0.25, -0.2) is 4.98 Å². The number of hydrogen-bond donors (Lipinski definition) is 1. The van der Waals surface area contributed by atoms with E-state index in [0.29, 0.717) is 0 Å². The Morgan fingerprint density at radius 1 is 1.21 bits per heavy atom. The molecule has 1 aromatic heterocycles. The Kier molecular flexibility index (Phi) is 4.97. The van der Waals surface area contributed by atoms with E-state index in [1.165, 1.54) is 17.8 Å². The molecule has 3 nitrogen and oxygen atoms in total. The number of para-hydroxylation sites is 2. The van der Waals surface area contributed by atoms with Gasteiger partial charge in [0.1, 0.15) is 5.82 Å². The number of nitrogens with zero attached hydrogens (tertiary/aromatic N) is 2. The molecule has 1 N–H and O–H groups in total. The SMILES string of the molecule is CCc1nc2ccccc2n1CCNCCC(C)C. The Hall–Kier alpha value is -1.35. The second kappa shape index (κ2) is 6.71. The summed E-state index contributed by atoms with van der Waals surface area (Å²) in [5, 5.41) is 3.52. The van der Waals surface area contributed by atoms with E-state index in [-0.39, 0.29) is 0 Å². The average Bonchev–Trinajstić information content (AvgIpc) is 2.76. The van der Waals surface area contributed by atoms with Gasteiger partial charge in [0.2, 0.25) is 0 Å². The molecule has 0 radical (unpaired) electrons. The molecule has 0 fully saturated rings. The van der Waals surface area contributed by atoms with Crippen molar-refractivity contribution in [2.75, 3.05) is 13.1 Å². The number of hydrogen-bond acceptors (Lipinski definition) is 2. The minimum absolute atomic E-state index is 0.771. The molecule has 19 heavy (non-hydrogen) atoms. The molecule has 0 aliphatic carbocycles. The maximum absolute atomic E-state index is 4.69. The number of imidazole rings is 1. The summed E-state index contributed by atoms with van der Waals surface area (Å²) in [5.41, 5.74) is 2.37. The van der Waals surface area contributed by atoms with Crippen LogP contribution in [-0.2, 0) is 13.0 Å². The first-order valence-corrected chi connectivity index (χ1v) is 7.37. The number of aromatic nitrogens is 2. The van der Waals surface area contributed by atoms with Crippen molar-refractivity contribution in [3.63, 3.8) is 0 Å². The Bertz CT molecular complexity index is 514. The van der Waals surface area contributed by atoms with E-state index in [0.717, 1.165) is 37.5 Å². The van der Waals surface area contributed by atoms with Crippen molar-refractivity contribution in [2.24, 2.45) is 5.92 Å². The van der Waals surface area contributed by atoms with Crippen LogP contribution in [-0.4, -0.2) is 22.6 Å². The fourth-order valence-electron chi connectivity index (χ4n) is 2.35. The molecule has 2 rings (SSSR count). The van der Waals surface area contributed by atoms with Gasteiger partial charge in [-0.15, -0.1) is 0 Å². The van der Waals surface area contributed by atoms with Crippen LogP contribution in [0.15, 0.2) is 24.3 Å². The second-order valence-corrected chi connectivity index (χ2v) is 5.45. The van der Waals surface area contributed by atoms with E-state index in [1.807, 2.05) is 0 Å². The van der Waals surface area contributed by atoms with Crippen LogP contribution in [0.5, 0.6) is 0 Å². The highest BCUT2D eigenvalue weighted by Crippen LogP contribution is 2.15. The number of fused-ring (bicyclic) bond motifs is 1. The van der Waals surface area contributed by atoms with Crippen molar-refractivity contribution < 1.29 is 0 Å². The third-order valence-electron chi connectivity index (χ3n) is 3.46. The van der Waals surface area contributed by atoms with E-state index in [4.69, 9.17) is 4.98 Å². The lowest BCUT2D eigenvalue weighted by Gasteiger charge is -2.10. The van der Waals surface area contributed by atoms with Crippen molar-refractivity contribution >= 4 is 11.0 Å². The molecule has 0 bridgehead atoms. The molecule has 1 aromatic carbocycles. The van der Waals surface area contributed by atoms with E-state index >= 15 is 0 Å². The quantitative estimate of drug-likeness (QED) is 0.774. The van der Waals surface area contributed by atoms with Crippen molar-refractivity contribution in [1.82, 2.24) is 14.9 Å². The van der Waals surface area contributed by atoms with Crippen LogP contribution < -0.4 is 5.32 Å². The number of aryl methyl sites for hydroxylation is 1. The first-order valence-electron chi connectivity index (χ1n) is 7.37. The van der Waals surface area contributed by atoms with Gasteiger partial charge in [0, 0.05) is 19.5 Å². The minimum Gasteiger partial charge on any atom is -0.327 e. The Morgan fingerprint density at radius 3 is 2.74 bits per heavy atom. The summed E-state index contributed by atoms with van der Waals surface area (Å²) >= 11 is 0. The smallest absolute Gasteiger partial charge is 0.109 e. The molecule has 0 amide bonds. The molecule has 1 heterocycles. The van der Waals surface area contributed by atoms with Gasteiger partial charge >= 0.3 is 0 Å². The molecule has 104 valence electrons. The lowest BCUT2D eigenvalue weighted by Crippen LogP contribution is -2.22. The first kappa shape index (κ1) is 14.1. The van der Waals surface area contributed by atoms with Gasteiger partial charge in [0.25, 0.3) is 0 Å². The largest absolute Gasteiger partial charge is 0.327 e. The molecule has 2 aromatic rings. The van der Waals surface area contributed by atoms with Gasteiger partial charge in [-0.2, -0.15) is 0 Å². The standard InChI is InChI=1S/C16H25N3/c1-4-16-18-14-7-5-6-8-15(14)19(16)12-11-17-10-9-13(2)3/h5-8,13,17H,4,9-12H2,1-3H3. The van der Waals surface area contributed by atoms with Crippen LogP contribution in [0.4, 0.5) is 0 Å². The van der Waals surface area contributed by atoms with Gasteiger partial charge in [-0.1, -0.05) is 32.9 Å². The van der Waals surface area contributed by atoms with Gasteiger partial charge in [-0.05, 0) is 31.0 Å². The number of rotatable bonds is 7. The van der Waals surface area contributed by atoms with Gasteiger partial charge in [0.05, 0.1) is 11.0 Å². The number of nitrogens with one attached hydrogen (secondary N) is 1. The van der Waals surface area contributed by atoms with Gasteiger partial charge < -0.3 is 9.88 Å².